The zero-order valence-electron chi connectivity index (χ0n) is 21.4. The van der Waals surface area contributed by atoms with E-state index in [2.05, 4.69) is 21.2 Å². The van der Waals surface area contributed by atoms with Crippen molar-refractivity contribution >= 4 is 43.5 Å². The fourth-order valence-corrected chi connectivity index (χ4v) is 5.90. The van der Waals surface area contributed by atoms with Crippen LogP contribution in [0.3, 0.4) is 0 Å². The Morgan fingerprint density at radius 2 is 1.68 bits per heavy atom. The van der Waals surface area contributed by atoms with Crippen LogP contribution in [0.15, 0.2) is 82.2 Å². The second-order valence-electron chi connectivity index (χ2n) is 8.84. The largest absolute Gasteiger partial charge is 0.355 e. The molecule has 3 aromatic rings. The first kappa shape index (κ1) is 28.4. The maximum absolute atomic E-state index is 13.9. The molecular weight excluding hydrogens is 554 g/mol. The summed E-state index contributed by atoms with van der Waals surface area (Å²) in [7, 11) is -4.08. The number of carbonyl (C=O) groups excluding carboxylic acids is 2. The molecule has 0 aliphatic heterocycles. The van der Waals surface area contributed by atoms with Gasteiger partial charge < -0.3 is 10.2 Å². The van der Waals surface area contributed by atoms with Crippen LogP contribution in [0.25, 0.3) is 0 Å². The van der Waals surface area contributed by atoms with Crippen molar-refractivity contribution < 1.29 is 18.0 Å². The lowest BCUT2D eigenvalue weighted by molar-refractivity contribution is -0.139. The van der Waals surface area contributed by atoms with Crippen molar-refractivity contribution in [1.82, 2.24) is 10.2 Å². The highest BCUT2D eigenvalue weighted by atomic mass is 79.9. The van der Waals surface area contributed by atoms with E-state index in [1.165, 1.54) is 17.0 Å². The molecule has 0 saturated heterocycles. The number of likely N-dealkylation sites (N-methyl/N-ethyl adjacent to an activating group) is 1. The topological polar surface area (TPSA) is 86.8 Å². The Kier molecular flexibility index (Phi) is 9.50. The Morgan fingerprint density at radius 3 is 2.32 bits per heavy atom. The number of aryl methyl sites for hydroxylation is 2. The fourth-order valence-electron chi connectivity index (χ4n) is 3.96. The summed E-state index contributed by atoms with van der Waals surface area (Å²) in [5.74, 6) is -0.797. The molecule has 0 spiro atoms. The van der Waals surface area contributed by atoms with E-state index in [9.17, 15) is 18.0 Å². The first-order valence-corrected chi connectivity index (χ1v) is 14.2. The standard InChI is InChI=1S/C28H32BrN3O4S/c1-5-30-28(34)22(4)31(18-23-10-9-11-24(29)17-23)27(33)19-32(26-16-20(2)14-15-21(26)3)37(35,36)25-12-7-6-8-13-25/h6-17,22H,5,18-19H2,1-4H3,(H,30,34)/t22-/m1/s1. The van der Waals surface area contributed by atoms with Crippen molar-refractivity contribution in [3.63, 3.8) is 0 Å². The minimum Gasteiger partial charge on any atom is -0.355 e. The minimum atomic E-state index is -4.08. The quantitative estimate of drug-likeness (QED) is 0.370. The van der Waals surface area contributed by atoms with Crippen molar-refractivity contribution in [2.24, 2.45) is 0 Å². The Labute approximate surface area is 227 Å². The first-order chi connectivity index (χ1) is 17.5. The van der Waals surface area contributed by atoms with Crippen molar-refractivity contribution in [2.45, 2.75) is 45.2 Å². The molecule has 3 aromatic carbocycles. The van der Waals surface area contributed by atoms with Gasteiger partial charge in [0.05, 0.1) is 10.6 Å². The van der Waals surface area contributed by atoms with Gasteiger partial charge in [-0.15, -0.1) is 0 Å². The second kappa shape index (κ2) is 12.4. The van der Waals surface area contributed by atoms with Crippen LogP contribution in [0.4, 0.5) is 5.69 Å². The van der Waals surface area contributed by atoms with Crippen molar-refractivity contribution in [2.75, 3.05) is 17.4 Å². The van der Waals surface area contributed by atoms with Gasteiger partial charge in [-0.05, 0) is 74.7 Å². The van der Waals surface area contributed by atoms with Crippen LogP contribution >= 0.6 is 15.9 Å². The summed E-state index contributed by atoms with van der Waals surface area (Å²) in [6.07, 6.45) is 0. The van der Waals surface area contributed by atoms with Gasteiger partial charge in [0.2, 0.25) is 11.8 Å². The molecule has 0 aliphatic carbocycles. The zero-order chi connectivity index (χ0) is 27.2. The summed E-state index contributed by atoms with van der Waals surface area (Å²) in [5.41, 5.74) is 2.81. The molecule has 1 atom stereocenters. The SMILES string of the molecule is CCNC(=O)[C@@H](C)N(Cc1cccc(Br)c1)C(=O)CN(c1cc(C)ccc1C)S(=O)(=O)c1ccccc1. The molecule has 0 heterocycles. The smallest absolute Gasteiger partial charge is 0.264 e. The van der Waals surface area contributed by atoms with Gasteiger partial charge in [0.15, 0.2) is 0 Å². The van der Waals surface area contributed by atoms with Crippen LogP contribution in [0.5, 0.6) is 0 Å². The molecule has 0 aliphatic rings. The molecular formula is C28H32BrN3O4S. The maximum atomic E-state index is 13.9. The lowest BCUT2D eigenvalue weighted by atomic mass is 10.1. The van der Waals surface area contributed by atoms with Crippen LogP contribution in [-0.2, 0) is 26.2 Å². The van der Waals surface area contributed by atoms with Crippen LogP contribution in [-0.4, -0.2) is 44.3 Å². The van der Waals surface area contributed by atoms with Crippen LogP contribution in [0.2, 0.25) is 0 Å². The molecule has 37 heavy (non-hydrogen) atoms. The zero-order valence-corrected chi connectivity index (χ0v) is 23.8. The Bertz CT molecular complexity index is 1360. The Morgan fingerprint density at radius 1 is 0.973 bits per heavy atom. The van der Waals surface area contributed by atoms with E-state index in [0.29, 0.717) is 17.8 Å². The van der Waals surface area contributed by atoms with E-state index in [1.807, 2.05) is 50.2 Å². The fraction of sp³-hybridized carbons (Fsp3) is 0.286. The number of amides is 2. The average molecular weight is 587 g/mol. The number of benzene rings is 3. The summed E-state index contributed by atoms with van der Waals surface area (Å²) in [6.45, 7) is 7.23. The van der Waals surface area contributed by atoms with E-state index < -0.39 is 28.5 Å². The predicted octanol–water partition coefficient (Wildman–Crippen LogP) is 4.81. The van der Waals surface area contributed by atoms with E-state index in [4.69, 9.17) is 0 Å². The molecule has 0 fully saturated rings. The lowest BCUT2D eigenvalue weighted by Gasteiger charge is -2.32. The molecule has 0 saturated carbocycles. The van der Waals surface area contributed by atoms with E-state index in [0.717, 1.165) is 19.9 Å². The van der Waals surface area contributed by atoms with Crippen LogP contribution in [0.1, 0.15) is 30.5 Å². The van der Waals surface area contributed by atoms with Gasteiger partial charge in [-0.1, -0.05) is 58.4 Å². The Balaban J connectivity index is 2.06. The van der Waals surface area contributed by atoms with E-state index in [1.54, 1.807) is 38.1 Å². The number of rotatable bonds is 10. The lowest BCUT2D eigenvalue weighted by Crippen LogP contribution is -2.51. The van der Waals surface area contributed by atoms with Crippen LogP contribution < -0.4 is 9.62 Å². The number of nitrogens with one attached hydrogen (secondary N) is 1. The van der Waals surface area contributed by atoms with Crippen LogP contribution in [0, 0.1) is 13.8 Å². The first-order valence-electron chi connectivity index (χ1n) is 12.0. The summed E-state index contributed by atoms with van der Waals surface area (Å²) in [4.78, 5) is 28.1. The molecule has 3 rings (SSSR count). The molecule has 196 valence electrons. The molecule has 2 amide bonds. The summed E-state index contributed by atoms with van der Waals surface area (Å²) < 4.78 is 29.7. The minimum absolute atomic E-state index is 0.0824. The summed E-state index contributed by atoms with van der Waals surface area (Å²) in [5, 5.41) is 2.76. The molecule has 0 aromatic heterocycles. The van der Waals surface area contributed by atoms with E-state index in [-0.39, 0.29) is 17.3 Å². The number of nitrogens with zero attached hydrogens (tertiary/aromatic N) is 2. The van der Waals surface area contributed by atoms with Gasteiger partial charge in [-0.2, -0.15) is 0 Å². The number of halogens is 1. The number of carbonyl (C=O) groups is 2. The monoisotopic (exact) mass is 585 g/mol. The van der Waals surface area contributed by atoms with Gasteiger partial charge in [0, 0.05) is 17.6 Å². The van der Waals surface area contributed by atoms with Gasteiger partial charge in [0.1, 0.15) is 12.6 Å². The normalized spacial score (nSPS) is 12.0. The number of hydrogen-bond donors (Lipinski definition) is 1. The maximum Gasteiger partial charge on any atom is 0.264 e. The summed E-state index contributed by atoms with van der Waals surface area (Å²) >= 11 is 3.45. The number of sulfonamides is 1. The van der Waals surface area contributed by atoms with E-state index >= 15 is 0 Å². The third kappa shape index (κ3) is 6.99. The Hall–Kier alpha value is -3.17. The molecule has 9 heteroatoms. The molecule has 0 unspecified atom stereocenters. The highest BCUT2D eigenvalue weighted by Crippen LogP contribution is 2.28. The van der Waals surface area contributed by atoms with Crippen molar-refractivity contribution in [1.29, 1.82) is 0 Å². The highest BCUT2D eigenvalue weighted by Gasteiger charge is 2.33. The van der Waals surface area contributed by atoms with Gasteiger partial charge >= 0.3 is 0 Å². The van der Waals surface area contributed by atoms with Crippen molar-refractivity contribution in [3.05, 3.63) is 94.0 Å². The highest BCUT2D eigenvalue weighted by molar-refractivity contribution is 9.10. The molecule has 7 nitrogen and oxygen atoms in total. The third-order valence-electron chi connectivity index (χ3n) is 6.00. The summed E-state index contributed by atoms with van der Waals surface area (Å²) in [6, 6.07) is 20.2. The van der Waals surface area contributed by atoms with Gasteiger partial charge in [-0.25, -0.2) is 8.42 Å². The molecule has 0 radical (unpaired) electrons. The van der Waals surface area contributed by atoms with Crippen molar-refractivity contribution in [3.8, 4) is 0 Å². The second-order valence-corrected chi connectivity index (χ2v) is 11.6. The number of hydrogen-bond acceptors (Lipinski definition) is 4. The molecule has 1 N–H and O–H groups in total. The molecule has 0 bridgehead atoms. The number of anilines is 1. The predicted molar refractivity (Wildman–Crippen MR) is 150 cm³/mol. The van der Waals surface area contributed by atoms with Gasteiger partial charge in [0.25, 0.3) is 10.0 Å². The third-order valence-corrected chi connectivity index (χ3v) is 8.27. The van der Waals surface area contributed by atoms with Gasteiger partial charge in [-0.3, -0.25) is 13.9 Å². The average Bonchev–Trinajstić information content (AvgIpc) is 2.87.